The van der Waals surface area contributed by atoms with Gasteiger partial charge in [-0.1, -0.05) is 232 Å². The van der Waals surface area contributed by atoms with Crippen LogP contribution in [0.2, 0.25) is 0 Å². The highest BCUT2D eigenvalue weighted by atomic mass is 31.2. The second-order valence-electron chi connectivity index (χ2n) is 18.6. The summed E-state index contributed by atoms with van der Waals surface area (Å²) < 4.78 is 23.6. The number of phosphoric ester groups is 1. The molecule has 0 aliphatic heterocycles. The van der Waals surface area contributed by atoms with Crippen molar-refractivity contribution in [1.29, 1.82) is 0 Å². The molecule has 0 aliphatic carbocycles. The quantitative estimate of drug-likeness (QED) is 0.0321. The summed E-state index contributed by atoms with van der Waals surface area (Å²) in [5.41, 5.74) is 0. The van der Waals surface area contributed by atoms with Crippen LogP contribution in [0.25, 0.3) is 0 Å². The first kappa shape index (κ1) is 56.5. The molecule has 0 fully saturated rings. The summed E-state index contributed by atoms with van der Waals surface area (Å²) in [6.45, 7) is 4.91. The summed E-state index contributed by atoms with van der Waals surface area (Å²) in [6, 6.07) is -0.752. The average molecular weight is 832 g/mol. The Hall–Kier alpha value is -0.500. The summed E-state index contributed by atoms with van der Waals surface area (Å²) in [4.78, 5) is 23.2. The number of carbonyl (C=O) groups is 1. The van der Waals surface area contributed by atoms with Crippen LogP contribution >= 0.6 is 7.82 Å². The summed E-state index contributed by atoms with van der Waals surface area (Å²) in [7, 11) is 1.63. The fourth-order valence-electron chi connectivity index (χ4n) is 7.64. The van der Waals surface area contributed by atoms with Crippen molar-refractivity contribution < 1.29 is 32.9 Å². The summed E-state index contributed by atoms with van der Waals surface area (Å²) in [6.07, 6.45) is 45.7. The third kappa shape index (κ3) is 43.4. The third-order valence-electron chi connectivity index (χ3n) is 11.6. The number of rotatable bonds is 46. The van der Waals surface area contributed by atoms with E-state index in [1.807, 2.05) is 21.1 Å². The summed E-state index contributed by atoms with van der Waals surface area (Å²) in [5, 5.41) is 14.0. The molecule has 0 aromatic carbocycles. The number of quaternary nitrogens is 1. The van der Waals surface area contributed by atoms with E-state index in [0.29, 0.717) is 23.9 Å². The molecule has 0 rings (SSSR count). The van der Waals surface area contributed by atoms with Crippen LogP contribution in [0.3, 0.4) is 0 Å². The first-order valence-electron chi connectivity index (χ1n) is 24.9. The number of amides is 1. The molecule has 0 bridgehead atoms. The molecule has 0 saturated carbocycles. The number of phosphoric acid groups is 1. The van der Waals surface area contributed by atoms with Gasteiger partial charge >= 0.3 is 7.82 Å². The Morgan fingerprint density at radius 1 is 0.526 bits per heavy atom. The number of hydrogen-bond donors (Lipinski definition) is 3. The van der Waals surface area contributed by atoms with Crippen LogP contribution in [-0.2, 0) is 18.4 Å². The zero-order chi connectivity index (χ0) is 42.1. The molecule has 0 aromatic heterocycles. The van der Waals surface area contributed by atoms with Crippen LogP contribution in [0, 0.1) is 0 Å². The smallest absolute Gasteiger partial charge is 0.391 e. The second kappa shape index (κ2) is 40.9. The molecule has 0 saturated heterocycles. The summed E-state index contributed by atoms with van der Waals surface area (Å²) >= 11 is 0. The zero-order valence-corrected chi connectivity index (χ0v) is 39.8. The number of nitrogens with zero attached hydrogens (tertiary/aromatic N) is 1. The molecule has 1 amide bonds. The van der Waals surface area contributed by atoms with Crippen molar-refractivity contribution in [3.05, 3.63) is 0 Å². The van der Waals surface area contributed by atoms with Crippen molar-refractivity contribution >= 4 is 13.7 Å². The third-order valence-corrected chi connectivity index (χ3v) is 12.6. The van der Waals surface area contributed by atoms with E-state index in [9.17, 15) is 19.4 Å². The number of nitrogens with one attached hydrogen (secondary N) is 1. The average Bonchev–Trinajstić information content (AvgIpc) is 3.16. The fraction of sp³-hybridized carbons (Fsp3) is 0.979. The molecule has 342 valence electrons. The van der Waals surface area contributed by atoms with Gasteiger partial charge in [-0.3, -0.25) is 13.8 Å². The van der Waals surface area contributed by atoms with Gasteiger partial charge in [0.25, 0.3) is 0 Å². The normalized spacial score (nSPS) is 14.2. The van der Waals surface area contributed by atoms with Gasteiger partial charge in [0.15, 0.2) is 0 Å². The molecular formula is C48H100N2O6P+. The standard InChI is InChI=1S/C48H99N2O6P/c1-6-8-10-12-14-16-18-19-20-21-22-23-24-25-26-27-28-29-30-32-34-36-38-40-42-48(52)49-46(45-56-57(53,54)55-44-43-50(3,4)5)47(51)41-39-37-35-33-31-17-15-13-11-9-7-2/h46-47,51H,6-45H2,1-5H3,(H-,49,52,53,54)/p+1. The van der Waals surface area contributed by atoms with Gasteiger partial charge in [0.05, 0.1) is 39.9 Å². The van der Waals surface area contributed by atoms with Gasteiger partial charge < -0.3 is 19.8 Å². The Balaban J connectivity index is 4.10. The van der Waals surface area contributed by atoms with E-state index < -0.39 is 20.0 Å². The molecule has 3 unspecified atom stereocenters. The number of carbonyl (C=O) groups excluding carboxylic acids is 1. The number of aliphatic hydroxyl groups is 1. The van der Waals surface area contributed by atoms with E-state index in [4.69, 9.17) is 9.05 Å². The Morgan fingerprint density at radius 3 is 1.18 bits per heavy atom. The maximum atomic E-state index is 12.9. The van der Waals surface area contributed by atoms with Crippen LogP contribution in [0.4, 0.5) is 0 Å². The van der Waals surface area contributed by atoms with Gasteiger partial charge in [0, 0.05) is 6.42 Å². The van der Waals surface area contributed by atoms with E-state index in [1.54, 1.807) is 0 Å². The van der Waals surface area contributed by atoms with Gasteiger partial charge in [0.1, 0.15) is 13.2 Å². The van der Waals surface area contributed by atoms with Gasteiger partial charge in [0.2, 0.25) is 5.91 Å². The highest BCUT2D eigenvalue weighted by molar-refractivity contribution is 7.47. The Bertz CT molecular complexity index is 901. The minimum absolute atomic E-state index is 0.0785. The minimum atomic E-state index is -4.31. The van der Waals surface area contributed by atoms with Gasteiger partial charge in [-0.15, -0.1) is 0 Å². The van der Waals surface area contributed by atoms with E-state index in [-0.39, 0.29) is 19.1 Å². The number of likely N-dealkylation sites (N-methyl/N-ethyl adjacent to an activating group) is 1. The van der Waals surface area contributed by atoms with Crippen molar-refractivity contribution in [2.75, 3.05) is 40.9 Å². The Labute approximate surface area is 355 Å². The van der Waals surface area contributed by atoms with Crippen molar-refractivity contribution in [3.63, 3.8) is 0 Å². The van der Waals surface area contributed by atoms with Crippen molar-refractivity contribution in [3.8, 4) is 0 Å². The van der Waals surface area contributed by atoms with E-state index in [0.717, 1.165) is 38.5 Å². The zero-order valence-electron chi connectivity index (χ0n) is 38.9. The molecule has 8 nitrogen and oxygen atoms in total. The molecule has 0 heterocycles. The molecule has 0 spiro atoms. The molecule has 9 heteroatoms. The predicted octanol–water partition coefficient (Wildman–Crippen LogP) is 14.1. The lowest BCUT2D eigenvalue weighted by molar-refractivity contribution is -0.870. The van der Waals surface area contributed by atoms with Gasteiger partial charge in [-0.05, 0) is 12.8 Å². The predicted molar refractivity (Wildman–Crippen MR) is 245 cm³/mol. The van der Waals surface area contributed by atoms with Gasteiger partial charge in [-0.25, -0.2) is 4.57 Å². The van der Waals surface area contributed by atoms with E-state index >= 15 is 0 Å². The topological polar surface area (TPSA) is 105 Å². The lowest BCUT2D eigenvalue weighted by Gasteiger charge is -2.26. The molecule has 0 aliphatic rings. The van der Waals surface area contributed by atoms with E-state index in [1.165, 1.54) is 186 Å². The maximum absolute atomic E-state index is 12.9. The second-order valence-corrected chi connectivity index (χ2v) is 20.0. The van der Waals surface area contributed by atoms with Crippen LogP contribution in [0.15, 0.2) is 0 Å². The lowest BCUT2D eigenvalue weighted by Crippen LogP contribution is -2.46. The van der Waals surface area contributed by atoms with Crippen LogP contribution < -0.4 is 5.32 Å². The summed E-state index contributed by atoms with van der Waals surface area (Å²) in [5.74, 6) is -0.140. The highest BCUT2D eigenvalue weighted by Crippen LogP contribution is 2.43. The van der Waals surface area contributed by atoms with Crippen LogP contribution in [0.1, 0.15) is 251 Å². The first-order valence-corrected chi connectivity index (χ1v) is 26.4. The first-order chi connectivity index (χ1) is 27.5. The minimum Gasteiger partial charge on any atom is -0.391 e. The molecule has 0 aromatic rings. The highest BCUT2D eigenvalue weighted by Gasteiger charge is 2.28. The van der Waals surface area contributed by atoms with Crippen molar-refractivity contribution in [2.45, 2.75) is 264 Å². The number of aliphatic hydroxyl groups excluding tert-OH is 1. The Morgan fingerprint density at radius 2 is 0.842 bits per heavy atom. The molecule has 57 heavy (non-hydrogen) atoms. The largest absolute Gasteiger partial charge is 0.472 e. The SMILES string of the molecule is CCCCCCCCCCCCCCCCCCCCCCCCCCC(=O)NC(COP(=O)(O)OCC[N+](C)(C)C)C(O)CCCCCCCCCCCCC. The van der Waals surface area contributed by atoms with Crippen LogP contribution in [0.5, 0.6) is 0 Å². The molecule has 3 atom stereocenters. The number of hydrogen-bond acceptors (Lipinski definition) is 5. The van der Waals surface area contributed by atoms with Crippen molar-refractivity contribution in [2.24, 2.45) is 0 Å². The molecular weight excluding hydrogens is 732 g/mol. The van der Waals surface area contributed by atoms with E-state index in [2.05, 4.69) is 19.2 Å². The van der Waals surface area contributed by atoms with Crippen molar-refractivity contribution in [1.82, 2.24) is 5.32 Å². The Kier molecular flexibility index (Phi) is 40.5. The lowest BCUT2D eigenvalue weighted by atomic mass is 10.0. The molecule has 0 radical (unpaired) electrons. The molecule has 3 N–H and O–H groups in total. The maximum Gasteiger partial charge on any atom is 0.472 e. The van der Waals surface area contributed by atoms with Crippen LogP contribution in [-0.4, -0.2) is 73.4 Å². The van der Waals surface area contributed by atoms with Gasteiger partial charge in [-0.2, -0.15) is 0 Å². The number of unbranched alkanes of at least 4 members (excludes halogenated alkanes) is 33. The fourth-order valence-corrected chi connectivity index (χ4v) is 8.37. The monoisotopic (exact) mass is 832 g/mol.